The van der Waals surface area contributed by atoms with Crippen molar-refractivity contribution in [3.63, 3.8) is 0 Å². The van der Waals surface area contributed by atoms with Gasteiger partial charge in [0.1, 0.15) is 5.82 Å². The Kier molecular flexibility index (Phi) is 4.96. The molecule has 116 valence electrons. The van der Waals surface area contributed by atoms with Gasteiger partial charge in [0.15, 0.2) is 5.78 Å². The molecular formula is C19H24N2O. The molecule has 0 aliphatic carbocycles. The van der Waals surface area contributed by atoms with Gasteiger partial charge < -0.3 is 4.98 Å². The van der Waals surface area contributed by atoms with Crippen LogP contribution >= 0.6 is 0 Å². The van der Waals surface area contributed by atoms with Crippen molar-refractivity contribution in [2.24, 2.45) is 0 Å². The molecule has 0 bridgehead atoms. The van der Waals surface area contributed by atoms with Crippen molar-refractivity contribution in [2.75, 3.05) is 0 Å². The Balaban J connectivity index is 2.55. The molecule has 0 atom stereocenters. The van der Waals surface area contributed by atoms with Crippen LogP contribution in [0.3, 0.4) is 0 Å². The first kappa shape index (κ1) is 16.2. The lowest BCUT2D eigenvalue weighted by Gasteiger charge is -2.08. The van der Waals surface area contributed by atoms with E-state index in [1.807, 2.05) is 19.1 Å². The Labute approximate surface area is 132 Å². The van der Waals surface area contributed by atoms with E-state index in [1.165, 1.54) is 5.69 Å². The number of aryl methyl sites for hydroxylation is 3. The Morgan fingerprint density at radius 3 is 2.64 bits per heavy atom. The zero-order valence-electron chi connectivity index (χ0n) is 13.9. The number of Topliss-reactive ketones (excluding diaryl/α,β-unsaturated/α-hetero) is 1. The molecule has 0 saturated carbocycles. The Hall–Kier alpha value is -2.16. The van der Waals surface area contributed by atoms with E-state index in [0.29, 0.717) is 0 Å². The molecule has 0 amide bonds. The summed E-state index contributed by atoms with van der Waals surface area (Å²) in [5.41, 5.74) is 6.13. The first-order chi connectivity index (χ1) is 10.5. The normalized spacial score (nSPS) is 10.7. The van der Waals surface area contributed by atoms with Gasteiger partial charge in [-0.15, -0.1) is 6.58 Å². The fourth-order valence-corrected chi connectivity index (χ4v) is 2.82. The molecule has 1 aromatic carbocycles. The zero-order chi connectivity index (χ0) is 16.3. The summed E-state index contributed by atoms with van der Waals surface area (Å²) in [6, 6.07) is 4.01. The van der Waals surface area contributed by atoms with E-state index in [1.54, 1.807) is 6.92 Å². The minimum absolute atomic E-state index is 0.0883. The summed E-state index contributed by atoms with van der Waals surface area (Å²) in [4.78, 5) is 20.0. The summed E-state index contributed by atoms with van der Waals surface area (Å²) >= 11 is 0. The topological polar surface area (TPSA) is 45.8 Å². The lowest BCUT2D eigenvalue weighted by molar-refractivity contribution is 0.101. The number of H-pyrrole nitrogens is 1. The lowest BCUT2D eigenvalue weighted by Crippen LogP contribution is -1.99. The Morgan fingerprint density at radius 2 is 2.05 bits per heavy atom. The summed E-state index contributed by atoms with van der Waals surface area (Å²) in [7, 11) is 0. The van der Waals surface area contributed by atoms with Crippen LogP contribution in [0, 0.1) is 13.8 Å². The van der Waals surface area contributed by atoms with Gasteiger partial charge in [0.25, 0.3) is 0 Å². The first-order valence-electron chi connectivity index (χ1n) is 7.79. The quantitative estimate of drug-likeness (QED) is 0.626. The Morgan fingerprint density at radius 1 is 1.32 bits per heavy atom. The molecule has 0 aliphatic heterocycles. The van der Waals surface area contributed by atoms with Crippen molar-refractivity contribution in [1.29, 1.82) is 0 Å². The smallest absolute Gasteiger partial charge is 0.160 e. The molecule has 3 heteroatoms. The highest BCUT2D eigenvalue weighted by Crippen LogP contribution is 2.26. The number of aromatic amines is 1. The molecule has 0 aliphatic rings. The number of nitrogens with zero attached hydrogens (tertiary/aromatic N) is 1. The van der Waals surface area contributed by atoms with E-state index < -0.39 is 0 Å². The maximum Gasteiger partial charge on any atom is 0.160 e. The number of hydrogen-bond donors (Lipinski definition) is 1. The SMILES string of the molecule is C=CCc1nc(-c2cc(C(C)=O)c(C)cc2C)[nH]c1CCC. The molecule has 3 nitrogen and oxygen atoms in total. The zero-order valence-corrected chi connectivity index (χ0v) is 13.9. The van der Waals surface area contributed by atoms with Crippen LogP contribution in [0.5, 0.6) is 0 Å². The number of benzene rings is 1. The molecule has 2 aromatic rings. The van der Waals surface area contributed by atoms with E-state index >= 15 is 0 Å². The number of allylic oxidation sites excluding steroid dienone is 1. The summed E-state index contributed by atoms with van der Waals surface area (Å²) in [5, 5.41) is 0. The minimum atomic E-state index is 0.0883. The van der Waals surface area contributed by atoms with Gasteiger partial charge in [-0.2, -0.15) is 0 Å². The van der Waals surface area contributed by atoms with Crippen molar-refractivity contribution in [3.05, 3.63) is 52.9 Å². The largest absolute Gasteiger partial charge is 0.342 e. The third kappa shape index (κ3) is 3.19. The molecule has 0 unspecified atom stereocenters. The van der Waals surface area contributed by atoms with Gasteiger partial charge in [-0.1, -0.05) is 25.5 Å². The standard InChI is InChI=1S/C19H24N2O/c1-6-8-17-18(9-7-2)21-19(20-17)16-11-15(14(5)22)12(3)10-13(16)4/h6,10-11H,1,7-9H2,2-5H3,(H,20,21). The number of carbonyl (C=O) groups excluding carboxylic acids is 1. The van der Waals surface area contributed by atoms with Gasteiger partial charge in [-0.25, -0.2) is 4.98 Å². The second kappa shape index (κ2) is 6.73. The average Bonchev–Trinajstić information content (AvgIpc) is 2.82. The third-order valence-corrected chi connectivity index (χ3v) is 3.91. The van der Waals surface area contributed by atoms with Crippen LogP contribution in [-0.2, 0) is 12.8 Å². The maximum absolute atomic E-state index is 11.8. The van der Waals surface area contributed by atoms with E-state index in [2.05, 4.69) is 31.5 Å². The van der Waals surface area contributed by atoms with E-state index in [9.17, 15) is 4.79 Å². The molecule has 1 aromatic heterocycles. The number of rotatable bonds is 6. The number of aromatic nitrogens is 2. The van der Waals surface area contributed by atoms with E-state index in [-0.39, 0.29) is 5.78 Å². The van der Waals surface area contributed by atoms with Crippen molar-refractivity contribution in [1.82, 2.24) is 9.97 Å². The second-order valence-corrected chi connectivity index (χ2v) is 5.79. The number of nitrogens with one attached hydrogen (secondary N) is 1. The number of carbonyl (C=O) groups is 1. The molecule has 1 N–H and O–H groups in total. The van der Waals surface area contributed by atoms with Gasteiger partial charge in [-0.3, -0.25) is 4.79 Å². The van der Waals surface area contributed by atoms with Gasteiger partial charge in [0.2, 0.25) is 0 Å². The molecule has 0 radical (unpaired) electrons. The number of hydrogen-bond acceptors (Lipinski definition) is 2. The summed E-state index contributed by atoms with van der Waals surface area (Å²) in [5.74, 6) is 0.936. The average molecular weight is 296 g/mol. The highest BCUT2D eigenvalue weighted by atomic mass is 16.1. The highest BCUT2D eigenvalue weighted by molar-refractivity contribution is 5.96. The maximum atomic E-state index is 11.8. The third-order valence-electron chi connectivity index (χ3n) is 3.91. The van der Waals surface area contributed by atoms with Crippen molar-refractivity contribution < 1.29 is 4.79 Å². The van der Waals surface area contributed by atoms with Crippen LogP contribution in [0.2, 0.25) is 0 Å². The van der Waals surface area contributed by atoms with Crippen LogP contribution in [0.15, 0.2) is 24.8 Å². The fraction of sp³-hybridized carbons (Fsp3) is 0.368. The molecule has 1 heterocycles. The highest BCUT2D eigenvalue weighted by Gasteiger charge is 2.15. The minimum Gasteiger partial charge on any atom is -0.342 e. The van der Waals surface area contributed by atoms with Crippen molar-refractivity contribution in [2.45, 2.75) is 47.0 Å². The predicted octanol–water partition coefficient (Wildman–Crippen LogP) is 4.58. The first-order valence-corrected chi connectivity index (χ1v) is 7.79. The van der Waals surface area contributed by atoms with Crippen molar-refractivity contribution >= 4 is 5.78 Å². The van der Waals surface area contributed by atoms with Gasteiger partial charge in [0, 0.05) is 23.2 Å². The monoisotopic (exact) mass is 296 g/mol. The van der Waals surface area contributed by atoms with Gasteiger partial charge in [-0.05, 0) is 44.4 Å². The molecular weight excluding hydrogens is 272 g/mol. The molecule has 2 rings (SSSR count). The molecule has 0 spiro atoms. The van der Waals surface area contributed by atoms with Gasteiger partial charge >= 0.3 is 0 Å². The van der Waals surface area contributed by atoms with Crippen LogP contribution in [-0.4, -0.2) is 15.8 Å². The van der Waals surface area contributed by atoms with Crippen LogP contribution in [0.25, 0.3) is 11.4 Å². The lowest BCUT2D eigenvalue weighted by atomic mass is 9.97. The van der Waals surface area contributed by atoms with E-state index in [0.717, 1.165) is 53.0 Å². The molecule has 0 saturated heterocycles. The summed E-state index contributed by atoms with van der Waals surface area (Å²) in [6.07, 6.45) is 4.68. The predicted molar refractivity (Wildman–Crippen MR) is 91.4 cm³/mol. The molecule has 22 heavy (non-hydrogen) atoms. The van der Waals surface area contributed by atoms with E-state index in [4.69, 9.17) is 4.98 Å². The van der Waals surface area contributed by atoms with Crippen molar-refractivity contribution in [3.8, 4) is 11.4 Å². The molecule has 0 fully saturated rings. The summed E-state index contributed by atoms with van der Waals surface area (Å²) in [6.45, 7) is 11.6. The Bertz CT molecular complexity index is 710. The van der Waals surface area contributed by atoms with Crippen LogP contribution in [0.4, 0.5) is 0 Å². The number of ketones is 1. The van der Waals surface area contributed by atoms with Gasteiger partial charge in [0.05, 0.1) is 5.69 Å². The van der Waals surface area contributed by atoms with Crippen LogP contribution in [0.1, 0.15) is 53.1 Å². The number of imidazole rings is 1. The van der Waals surface area contributed by atoms with Crippen LogP contribution < -0.4 is 0 Å². The summed E-state index contributed by atoms with van der Waals surface area (Å²) < 4.78 is 0. The fourth-order valence-electron chi connectivity index (χ4n) is 2.82. The second-order valence-electron chi connectivity index (χ2n) is 5.79.